The number of fused-ring (bicyclic) bond motifs is 1. The van der Waals surface area contributed by atoms with Crippen LogP contribution in [0.1, 0.15) is 5.56 Å². The van der Waals surface area contributed by atoms with Gasteiger partial charge in [0.1, 0.15) is 6.17 Å². The maximum Gasteiger partial charge on any atom is 0.327 e. The highest BCUT2D eigenvalue weighted by Gasteiger charge is 2.38. The van der Waals surface area contributed by atoms with Gasteiger partial charge in [0.15, 0.2) is 5.13 Å². The number of carbonyl (C=O) groups excluding carboxylic acids is 1. The summed E-state index contributed by atoms with van der Waals surface area (Å²) in [5.74, 6) is 0. The van der Waals surface area contributed by atoms with Crippen molar-refractivity contribution < 1.29 is 4.79 Å². The lowest BCUT2D eigenvalue weighted by atomic mass is 10.2. The molecule has 24 heavy (non-hydrogen) atoms. The van der Waals surface area contributed by atoms with E-state index in [9.17, 15) is 4.79 Å². The molecule has 122 valence electrons. The quantitative estimate of drug-likeness (QED) is 0.787. The number of carbonyl (C=O) groups is 1. The molecule has 2 amide bonds. The number of nitrogens with one attached hydrogen (secondary N) is 1. The van der Waals surface area contributed by atoms with Gasteiger partial charge in [-0.2, -0.15) is 0 Å². The molecular formula is C18H18N4OS. The number of hydrogen-bond donors (Lipinski definition) is 1. The summed E-state index contributed by atoms with van der Waals surface area (Å²) in [7, 11) is 1.82. The summed E-state index contributed by atoms with van der Waals surface area (Å²) in [4.78, 5) is 20.8. The molecule has 6 heteroatoms. The number of aromatic nitrogens is 1. The lowest BCUT2D eigenvalue weighted by Gasteiger charge is -2.23. The van der Waals surface area contributed by atoms with Crippen molar-refractivity contribution in [1.29, 1.82) is 0 Å². The van der Waals surface area contributed by atoms with E-state index in [0.29, 0.717) is 6.54 Å². The number of aryl methyl sites for hydroxylation is 1. The summed E-state index contributed by atoms with van der Waals surface area (Å²) in [5.41, 5.74) is 3.12. The lowest BCUT2D eigenvalue weighted by Crippen LogP contribution is -2.39. The van der Waals surface area contributed by atoms with E-state index in [1.165, 1.54) is 0 Å². The van der Waals surface area contributed by atoms with Crippen LogP contribution in [0.15, 0.2) is 48.5 Å². The minimum absolute atomic E-state index is 0.0276. The molecule has 3 aromatic rings. The number of likely N-dealkylation sites (N-methyl/N-ethyl adjacent to an activating group) is 1. The summed E-state index contributed by atoms with van der Waals surface area (Å²) >= 11 is 1.55. The Bertz CT molecular complexity index is 874. The third-order valence-electron chi connectivity index (χ3n) is 4.25. The molecule has 2 heterocycles. The predicted molar refractivity (Wildman–Crippen MR) is 98.7 cm³/mol. The summed E-state index contributed by atoms with van der Waals surface area (Å²) < 4.78 is 1.09. The first-order valence-electron chi connectivity index (χ1n) is 7.85. The van der Waals surface area contributed by atoms with Gasteiger partial charge in [0.25, 0.3) is 0 Å². The van der Waals surface area contributed by atoms with Crippen LogP contribution in [0.2, 0.25) is 0 Å². The standard InChI is InChI=1S/C18H18N4OS/c1-12-7-3-4-8-13(12)19-16-11-21(2)18(23)22(16)17-20-14-9-5-6-10-15(14)24-17/h3-10,16,19H,11H2,1-2H3. The van der Waals surface area contributed by atoms with Crippen LogP contribution >= 0.6 is 11.3 Å². The molecule has 0 spiro atoms. The van der Waals surface area contributed by atoms with Crippen molar-refractivity contribution in [2.75, 3.05) is 23.8 Å². The number of para-hydroxylation sites is 2. The van der Waals surface area contributed by atoms with Gasteiger partial charge < -0.3 is 10.2 Å². The zero-order valence-electron chi connectivity index (χ0n) is 13.6. The van der Waals surface area contributed by atoms with Crippen LogP contribution in [0.4, 0.5) is 15.6 Å². The molecule has 1 aliphatic heterocycles. The van der Waals surface area contributed by atoms with E-state index in [1.807, 2.05) is 49.5 Å². The highest BCUT2D eigenvalue weighted by atomic mass is 32.1. The van der Waals surface area contributed by atoms with Crippen LogP contribution in [0.5, 0.6) is 0 Å². The molecule has 0 bridgehead atoms. The normalized spacial score (nSPS) is 17.8. The van der Waals surface area contributed by atoms with Crippen molar-refractivity contribution >= 4 is 38.4 Å². The van der Waals surface area contributed by atoms with Gasteiger partial charge in [0.05, 0.1) is 16.8 Å². The van der Waals surface area contributed by atoms with Crippen LogP contribution in [0, 0.1) is 6.92 Å². The number of thiazole rings is 1. The number of anilines is 2. The average Bonchev–Trinajstić information content (AvgIpc) is 3.11. The Kier molecular flexibility index (Phi) is 3.61. The molecule has 1 saturated heterocycles. The smallest absolute Gasteiger partial charge is 0.327 e. The van der Waals surface area contributed by atoms with Gasteiger partial charge in [-0.05, 0) is 30.7 Å². The summed E-state index contributed by atoms with van der Waals surface area (Å²) in [5, 5.41) is 4.23. The number of rotatable bonds is 3. The first kappa shape index (κ1) is 15.0. The first-order valence-corrected chi connectivity index (χ1v) is 8.67. The van der Waals surface area contributed by atoms with E-state index in [4.69, 9.17) is 0 Å². The Morgan fingerprint density at radius 2 is 1.92 bits per heavy atom. The molecule has 1 unspecified atom stereocenters. The van der Waals surface area contributed by atoms with Gasteiger partial charge in [0.2, 0.25) is 0 Å². The van der Waals surface area contributed by atoms with E-state index in [0.717, 1.165) is 26.6 Å². The molecule has 1 atom stereocenters. The van der Waals surface area contributed by atoms with Crippen LogP contribution in [-0.2, 0) is 0 Å². The second kappa shape index (κ2) is 5.79. The van der Waals surface area contributed by atoms with Gasteiger partial charge in [0, 0.05) is 12.7 Å². The molecule has 0 aliphatic carbocycles. The van der Waals surface area contributed by atoms with Crippen molar-refractivity contribution in [2.24, 2.45) is 0 Å². The van der Waals surface area contributed by atoms with Crippen LogP contribution in [0.25, 0.3) is 10.2 Å². The van der Waals surface area contributed by atoms with Crippen LogP contribution < -0.4 is 10.2 Å². The van der Waals surface area contributed by atoms with Crippen molar-refractivity contribution in [3.8, 4) is 0 Å². The second-order valence-electron chi connectivity index (χ2n) is 5.97. The molecule has 4 rings (SSSR count). The fourth-order valence-electron chi connectivity index (χ4n) is 2.94. The monoisotopic (exact) mass is 338 g/mol. The first-order chi connectivity index (χ1) is 11.6. The maximum absolute atomic E-state index is 12.6. The number of benzene rings is 2. The van der Waals surface area contributed by atoms with Gasteiger partial charge in [-0.3, -0.25) is 0 Å². The van der Waals surface area contributed by atoms with E-state index >= 15 is 0 Å². The van der Waals surface area contributed by atoms with E-state index in [1.54, 1.807) is 21.1 Å². The van der Waals surface area contributed by atoms with Gasteiger partial charge >= 0.3 is 6.03 Å². The molecule has 1 aliphatic rings. The SMILES string of the molecule is Cc1ccccc1NC1CN(C)C(=O)N1c1nc2ccccc2s1. The van der Waals surface area contributed by atoms with Crippen molar-refractivity contribution in [1.82, 2.24) is 9.88 Å². The summed E-state index contributed by atoms with van der Waals surface area (Å²) in [6.45, 7) is 2.67. The topological polar surface area (TPSA) is 48.5 Å². The van der Waals surface area contributed by atoms with Gasteiger partial charge in [-0.1, -0.05) is 41.7 Å². The number of urea groups is 1. The highest BCUT2D eigenvalue weighted by molar-refractivity contribution is 7.22. The molecule has 1 aromatic heterocycles. The second-order valence-corrected chi connectivity index (χ2v) is 6.98. The van der Waals surface area contributed by atoms with Crippen LogP contribution in [0.3, 0.4) is 0 Å². The van der Waals surface area contributed by atoms with Gasteiger partial charge in [-0.15, -0.1) is 0 Å². The predicted octanol–water partition coefficient (Wildman–Crippen LogP) is 3.91. The molecule has 5 nitrogen and oxygen atoms in total. The molecule has 1 N–H and O–H groups in total. The average molecular weight is 338 g/mol. The fraction of sp³-hybridized carbons (Fsp3) is 0.222. The van der Waals surface area contributed by atoms with Gasteiger partial charge in [-0.25, -0.2) is 14.7 Å². The van der Waals surface area contributed by atoms with Crippen molar-refractivity contribution in [2.45, 2.75) is 13.1 Å². The van der Waals surface area contributed by atoms with Crippen LogP contribution in [-0.4, -0.2) is 35.7 Å². The third-order valence-corrected chi connectivity index (χ3v) is 5.28. The molecule has 0 saturated carbocycles. The number of nitrogens with zero attached hydrogens (tertiary/aromatic N) is 3. The Morgan fingerprint density at radius 1 is 1.17 bits per heavy atom. The minimum atomic E-state index is -0.135. The largest absolute Gasteiger partial charge is 0.363 e. The van der Waals surface area contributed by atoms with Crippen molar-refractivity contribution in [3.05, 3.63) is 54.1 Å². The lowest BCUT2D eigenvalue weighted by molar-refractivity contribution is 0.229. The molecule has 0 radical (unpaired) electrons. The molecule has 1 fully saturated rings. The highest BCUT2D eigenvalue weighted by Crippen LogP contribution is 2.33. The van der Waals surface area contributed by atoms with Crippen molar-refractivity contribution in [3.63, 3.8) is 0 Å². The Hall–Kier alpha value is -2.60. The summed E-state index contributed by atoms with van der Waals surface area (Å²) in [6, 6.07) is 16.0. The van der Waals surface area contributed by atoms with E-state index in [-0.39, 0.29) is 12.2 Å². The maximum atomic E-state index is 12.6. The Labute approximate surface area is 144 Å². The number of amides is 2. The Balaban J connectivity index is 1.70. The number of hydrogen-bond acceptors (Lipinski definition) is 4. The fourth-order valence-corrected chi connectivity index (χ4v) is 3.95. The van der Waals surface area contributed by atoms with E-state index in [2.05, 4.69) is 23.3 Å². The summed E-state index contributed by atoms with van der Waals surface area (Å²) in [6.07, 6.45) is -0.135. The molecule has 2 aromatic carbocycles. The Morgan fingerprint density at radius 3 is 2.71 bits per heavy atom. The zero-order chi connectivity index (χ0) is 16.7. The zero-order valence-corrected chi connectivity index (χ0v) is 14.4. The minimum Gasteiger partial charge on any atom is -0.363 e. The van der Waals surface area contributed by atoms with E-state index < -0.39 is 0 Å². The molecular weight excluding hydrogens is 320 g/mol. The third kappa shape index (κ3) is 2.49.